The predicted molar refractivity (Wildman–Crippen MR) is 82.1 cm³/mol. The number of piperidine rings is 1. The van der Waals surface area contributed by atoms with Crippen molar-refractivity contribution in [2.45, 2.75) is 44.2 Å². The van der Waals surface area contributed by atoms with Crippen molar-refractivity contribution in [2.75, 3.05) is 26.9 Å². The second-order valence-corrected chi connectivity index (χ2v) is 5.81. The summed E-state index contributed by atoms with van der Waals surface area (Å²) >= 11 is 0. The fourth-order valence-electron chi connectivity index (χ4n) is 3.21. The van der Waals surface area contributed by atoms with Crippen LogP contribution in [0.5, 0.6) is 11.5 Å². The molecule has 21 heavy (non-hydrogen) atoms. The van der Waals surface area contributed by atoms with Crippen molar-refractivity contribution < 1.29 is 14.2 Å². The molecule has 4 nitrogen and oxygen atoms in total. The lowest BCUT2D eigenvalue weighted by molar-refractivity contribution is 0.0244. The molecule has 0 amide bonds. The maximum atomic E-state index is 6.18. The van der Waals surface area contributed by atoms with E-state index < -0.39 is 0 Å². The predicted octanol–water partition coefficient (Wildman–Crippen LogP) is 3.07. The van der Waals surface area contributed by atoms with Crippen molar-refractivity contribution in [3.8, 4) is 11.5 Å². The van der Waals surface area contributed by atoms with Gasteiger partial charge in [0.2, 0.25) is 0 Å². The van der Waals surface area contributed by atoms with Crippen LogP contribution in [0.1, 0.15) is 43.7 Å². The van der Waals surface area contributed by atoms with Gasteiger partial charge >= 0.3 is 0 Å². The maximum absolute atomic E-state index is 6.18. The van der Waals surface area contributed by atoms with Crippen LogP contribution in [-0.4, -0.2) is 33.0 Å². The van der Waals surface area contributed by atoms with E-state index in [2.05, 4.69) is 17.4 Å². The van der Waals surface area contributed by atoms with Gasteiger partial charge in [-0.15, -0.1) is 0 Å². The minimum atomic E-state index is 0.238. The van der Waals surface area contributed by atoms with Gasteiger partial charge in [0.25, 0.3) is 0 Å². The summed E-state index contributed by atoms with van der Waals surface area (Å²) in [7, 11) is 1.73. The van der Waals surface area contributed by atoms with Crippen molar-refractivity contribution in [1.82, 2.24) is 5.32 Å². The van der Waals surface area contributed by atoms with Crippen molar-refractivity contribution in [3.05, 3.63) is 23.8 Å². The number of ether oxygens (including phenoxy) is 3. The molecule has 116 valence electrons. The minimum absolute atomic E-state index is 0.238. The van der Waals surface area contributed by atoms with E-state index in [1.165, 1.54) is 18.4 Å². The lowest BCUT2D eigenvalue weighted by Gasteiger charge is -2.28. The number of methoxy groups -OCH3 is 1. The Morgan fingerprint density at radius 1 is 1.14 bits per heavy atom. The van der Waals surface area contributed by atoms with E-state index >= 15 is 0 Å². The monoisotopic (exact) mass is 291 g/mol. The fourth-order valence-corrected chi connectivity index (χ4v) is 3.21. The molecule has 1 unspecified atom stereocenters. The average Bonchev–Trinajstić information content (AvgIpc) is 2.56. The van der Waals surface area contributed by atoms with Gasteiger partial charge in [-0.1, -0.05) is 18.6 Å². The molecule has 2 aliphatic rings. The molecule has 2 heterocycles. The Balaban J connectivity index is 1.79. The standard InChI is InChI=1S/C17H25NO3/c1-19-17-14(15-6-2-3-10-18-15)5-4-7-16(17)21-13-8-11-20-12-9-13/h4-5,7,13,15,18H,2-3,6,8-12H2,1H3. The van der Waals surface area contributed by atoms with E-state index in [9.17, 15) is 0 Å². The topological polar surface area (TPSA) is 39.7 Å². The molecule has 0 radical (unpaired) electrons. The lowest BCUT2D eigenvalue weighted by atomic mass is 9.96. The Bertz CT molecular complexity index is 451. The number of hydrogen-bond donors (Lipinski definition) is 1. The van der Waals surface area contributed by atoms with Gasteiger partial charge in [0.15, 0.2) is 11.5 Å². The summed E-state index contributed by atoms with van der Waals surface area (Å²) in [5.74, 6) is 1.76. The number of rotatable bonds is 4. The van der Waals surface area contributed by atoms with Crippen LogP contribution in [0.25, 0.3) is 0 Å². The van der Waals surface area contributed by atoms with Crippen LogP contribution < -0.4 is 14.8 Å². The van der Waals surface area contributed by atoms with E-state index in [0.717, 1.165) is 50.5 Å². The normalized spacial score (nSPS) is 23.8. The zero-order valence-corrected chi connectivity index (χ0v) is 12.8. The molecule has 2 aliphatic heterocycles. The molecular formula is C17H25NO3. The summed E-state index contributed by atoms with van der Waals surface area (Å²) in [4.78, 5) is 0. The summed E-state index contributed by atoms with van der Waals surface area (Å²) in [6, 6.07) is 6.62. The average molecular weight is 291 g/mol. The molecule has 0 bridgehead atoms. The number of nitrogens with one attached hydrogen (secondary N) is 1. The van der Waals surface area contributed by atoms with E-state index in [0.29, 0.717) is 6.04 Å². The molecule has 2 fully saturated rings. The highest BCUT2D eigenvalue weighted by molar-refractivity contribution is 5.48. The van der Waals surface area contributed by atoms with Gasteiger partial charge in [-0.2, -0.15) is 0 Å². The Kier molecular flexibility index (Phi) is 4.99. The van der Waals surface area contributed by atoms with Crippen molar-refractivity contribution in [2.24, 2.45) is 0 Å². The smallest absolute Gasteiger partial charge is 0.165 e. The van der Waals surface area contributed by atoms with Crippen LogP contribution in [-0.2, 0) is 4.74 Å². The van der Waals surface area contributed by atoms with Crippen LogP contribution in [0, 0.1) is 0 Å². The fraction of sp³-hybridized carbons (Fsp3) is 0.647. The quantitative estimate of drug-likeness (QED) is 0.925. The van der Waals surface area contributed by atoms with Gasteiger partial charge in [0.1, 0.15) is 6.10 Å². The number of para-hydroxylation sites is 1. The van der Waals surface area contributed by atoms with Gasteiger partial charge in [-0.25, -0.2) is 0 Å². The first kappa shape index (κ1) is 14.7. The molecule has 0 saturated carbocycles. The summed E-state index contributed by atoms with van der Waals surface area (Å²) < 4.78 is 17.2. The number of hydrogen-bond acceptors (Lipinski definition) is 4. The lowest BCUT2D eigenvalue weighted by Crippen LogP contribution is -2.28. The van der Waals surface area contributed by atoms with E-state index in [1.807, 2.05) is 6.07 Å². The molecule has 0 aromatic heterocycles. The Morgan fingerprint density at radius 2 is 2.00 bits per heavy atom. The molecule has 1 atom stereocenters. The second kappa shape index (κ2) is 7.14. The van der Waals surface area contributed by atoms with Crippen molar-refractivity contribution in [1.29, 1.82) is 0 Å². The van der Waals surface area contributed by atoms with Crippen LogP contribution in [0.3, 0.4) is 0 Å². The number of benzene rings is 1. The second-order valence-electron chi connectivity index (χ2n) is 5.81. The Hall–Kier alpha value is -1.26. The highest BCUT2D eigenvalue weighted by Crippen LogP contribution is 2.38. The summed E-state index contributed by atoms with van der Waals surface area (Å²) in [5, 5.41) is 3.59. The third-order valence-corrected chi connectivity index (χ3v) is 4.36. The molecule has 1 aromatic carbocycles. The largest absolute Gasteiger partial charge is 0.493 e. The molecule has 3 rings (SSSR count). The third kappa shape index (κ3) is 3.50. The first-order chi connectivity index (χ1) is 10.4. The van der Waals surface area contributed by atoms with Crippen LogP contribution >= 0.6 is 0 Å². The SMILES string of the molecule is COc1c(OC2CCOCC2)cccc1C1CCCCN1. The zero-order chi connectivity index (χ0) is 14.5. The van der Waals surface area contributed by atoms with Crippen molar-refractivity contribution in [3.63, 3.8) is 0 Å². The van der Waals surface area contributed by atoms with Gasteiger partial charge in [-0.05, 0) is 25.5 Å². The van der Waals surface area contributed by atoms with E-state index in [4.69, 9.17) is 14.2 Å². The highest BCUT2D eigenvalue weighted by Gasteiger charge is 2.23. The van der Waals surface area contributed by atoms with Crippen molar-refractivity contribution >= 4 is 0 Å². The maximum Gasteiger partial charge on any atom is 0.165 e. The zero-order valence-electron chi connectivity index (χ0n) is 12.8. The summed E-state index contributed by atoms with van der Waals surface area (Å²) in [6.45, 7) is 2.66. The highest BCUT2D eigenvalue weighted by atomic mass is 16.5. The molecular weight excluding hydrogens is 266 g/mol. The molecule has 1 aromatic rings. The van der Waals surface area contributed by atoms with Crippen LogP contribution in [0.4, 0.5) is 0 Å². The molecule has 0 aliphatic carbocycles. The van der Waals surface area contributed by atoms with Crippen LogP contribution in [0.2, 0.25) is 0 Å². The molecule has 4 heteroatoms. The van der Waals surface area contributed by atoms with E-state index in [1.54, 1.807) is 7.11 Å². The Labute approximate surface area is 126 Å². The van der Waals surface area contributed by atoms with Gasteiger partial charge in [0.05, 0.1) is 20.3 Å². The first-order valence-corrected chi connectivity index (χ1v) is 8.03. The third-order valence-electron chi connectivity index (χ3n) is 4.36. The van der Waals surface area contributed by atoms with Gasteiger partial charge in [0, 0.05) is 24.4 Å². The van der Waals surface area contributed by atoms with Gasteiger partial charge in [-0.3, -0.25) is 0 Å². The van der Waals surface area contributed by atoms with E-state index in [-0.39, 0.29) is 6.10 Å². The van der Waals surface area contributed by atoms with Crippen LogP contribution in [0.15, 0.2) is 18.2 Å². The Morgan fingerprint density at radius 3 is 2.71 bits per heavy atom. The summed E-state index contributed by atoms with van der Waals surface area (Å²) in [5.41, 5.74) is 1.22. The molecule has 1 N–H and O–H groups in total. The molecule has 0 spiro atoms. The molecule has 2 saturated heterocycles. The van der Waals surface area contributed by atoms with Gasteiger partial charge < -0.3 is 19.5 Å². The minimum Gasteiger partial charge on any atom is -0.493 e. The first-order valence-electron chi connectivity index (χ1n) is 8.03. The summed E-state index contributed by atoms with van der Waals surface area (Å²) in [6.07, 6.45) is 5.84.